The molecule has 4 heteroatoms. The first-order valence-electron chi connectivity index (χ1n) is 8.12. The fraction of sp³-hybridized carbons (Fsp3) is 0.611. The van der Waals surface area contributed by atoms with Gasteiger partial charge in [0, 0.05) is 13.5 Å². The van der Waals surface area contributed by atoms with Crippen LogP contribution >= 0.6 is 0 Å². The maximum absolute atomic E-state index is 11.1. The summed E-state index contributed by atoms with van der Waals surface area (Å²) in [6.07, 6.45) is 1.17. The number of rotatable bonds is 5. The van der Waals surface area contributed by atoms with E-state index in [1.54, 1.807) is 21.3 Å². The lowest BCUT2D eigenvalue weighted by molar-refractivity contribution is -0.120. The van der Waals surface area contributed by atoms with E-state index in [4.69, 9.17) is 9.47 Å². The molecule has 1 aromatic carbocycles. The van der Waals surface area contributed by atoms with Crippen LogP contribution in [0.15, 0.2) is 18.2 Å². The summed E-state index contributed by atoms with van der Waals surface area (Å²) in [7, 11) is 4.83. The normalized spacial score (nSPS) is 7.86. The first-order chi connectivity index (χ1) is 10.7. The zero-order chi connectivity index (χ0) is 18.0. The number of aryl methyl sites for hydroxylation is 1. The van der Waals surface area contributed by atoms with Crippen molar-refractivity contribution in [2.75, 3.05) is 21.3 Å². The molecule has 0 aromatic heterocycles. The SMILES string of the molecule is CC.CC.CC.CNC(=O)CCc1ccc(OC)c(OC)c1. The molecule has 130 valence electrons. The zero-order valence-electron chi connectivity index (χ0n) is 15.9. The van der Waals surface area contributed by atoms with E-state index in [0.717, 1.165) is 5.56 Å². The van der Waals surface area contributed by atoms with E-state index in [1.807, 2.05) is 59.7 Å². The van der Waals surface area contributed by atoms with E-state index in [-0.39, 0.29) is 5.91 Å². The molecular formula is C18H35NO3. The highest BCUT2D eigenvalue weighted by Crippen LogP contribution is 2.27. The van der Waals surface area contributed by atoms with Crippen molar-refractivity contribution < 1.29 is 14.3 Å². The summed E-state index contributed by atoms with van der Waals surface area (Å²) in [5.74, 6) is 1.43. The number of hydrogen-bond donors (Lipinski definition) is 1. The molecule has 0 saturated heterocycles. The molecule has 0 heterocycles. The molecule has 0 aliphatic carbocycles. The molecule has 0 aliphatic heterocycles. The maximum atomic E-state index is 11.1. The summed E-state index contributed by atoms with van der Waals surface area (Å²) in [4.78, 5) is 11.1. The van der Waals surface area contributed by atoms with Gasteiger partial charge in [0.1, 0.15) is 0 Å². The fourth-order valence-corrected chi connectivity index (χ4v) is 1.42. The van der Waals surface area contributed by atoms with Crippen molar-refractivity contribution >= 4 is 5.91 Å². The lowest BCUT2D eigenvalue weighted by Crippen LogP contribution is -2.17. The Labute approximate surface area is 137 Å². The van der Waals surface area contributed by atoms with E-state index in [9.17, 15) is 4.79 Å². The van der Waals surface area contributed by atoms with Crippen molar-refractivity contribution in [3.63, 3.8) is 0 Å². The highest BCUT2D eigenvalue weighted by Gasteiger charge is 2.05. The van der Waals surface area contributed by atoms with Gasteiger partial charge in [0.2, 0.25) is 5.91 Å². The van der Waals surface area contributed by atoms with E-state index in [0.29, 0.717) is 24.3 Å². The monoisotopic (exact) mass is 313 g/mol. The van der Waals surface area contributed by atoms with E-state index in [2.05, 4.69) is 5.32 Å². The number of amides is 1. The van der Waals surface area contributed by atoms with Gasteiger partial charge in [-0.15, -0.1) is 0 Å². The molecule has 0 saturated carbocycles. The second-order valence-corrected chi connectivity index (χ2v) is 3.36. The summed E-state index contributed by atoms with van der Waals surface area (Å²) >= 11 is 0. The predicted molar refractivity (Wildman–Crippen MR) is 96.0 cm³/mol. The topological polar surface area (TPSA) is 47.6 Å². The van der Waals surface area contributed by atoms with Gasteiger partial charge in [0.25, 0.3) is 0 Å². The molecule has 22 heavy (non-hydrogen) atoms. The van der Waals surface area contributed by atoms with Gasteiger partial charge in [0.05, 0.1) is 14.2 Å². The number of carbonyl (C=O) groups excluding carboxylic acids is 1. The van der Waals surface area contributed by atoms with Crippen molar-refractivity contribution in [1.82, 2.24) is 5.32 Å². The van der Waals surface area contributed by atoms with Crippen LogP contribution in [0.25, 0.3) is 0 Å². The van der Waals surface area contributed by atoms with Crippen LogP contribution in [-0.4, -0.2) is 27.2 Å². The van der Waals surface area contributed by atoms with Crippen molar-refractivity contribution in [3.8, 4) is 11.5 Å². The highest BCUT2D eigenvalue weighted by molar-refractivity contribution is 5.75. The molecule has 4 nitrogen and oxygen atoms in total. The standard InChI is InChI=1S/C12H17NO3.3C2H6/c1-13-12(14)7-5-9-4-6-10(15-2)11(8-9)16-3;3*1-2/h4,6,8H,5,7H2,1-3H3,(H,13,14);3*1-2H3. The molecule has 0 atom stereocenters. The fourth-order valence-electron chi connectivity index (χ4n) is 1.42. The number of hydrogen-bond acceptors (Lipinski definition) is 3. The second-order valence-electron chi connectivity index (χ2n) is 3.36. The largest absolute Gasteiger partial charge is 0.493 e. The van der Waals surface area contributed by atoms with Crippen LogP contribution in [0.2, 0.25) is 0 Å². The lowest BCUT2D eigenvalue weighted by atomic mass is 10.1. The van der Waals surface area contributed by atoms with Gasteiger partial charge in [0.15, 0.2) is 11.5 Å². The van der Waals surface area contributed by atoms with Gasteiger partial charge in [-0.1, -0.05) is 47.6 Å². The number of methoxy groups -OCH3 is 2. The Kier molecular flexibility index (Phi) is 22.1. The molecule has 0 fully saturated rings. The quantitative estimate of drug-likeness (QED) is 0.873. The lowest BCUT2D eigenvalue weighted by Gasteiger charge is -2.09. The molecule has 0 spiro atoms. The van der Waals surface area contributed by atoms with Crippen LogP contribution in [-0.2, 0) is 11.2 Å². The third kappa shape index (κ3) is 11.0. The van der Waals surface area contributed by atoms with Gasteiger partial charge in [-0.3, -0.25) is 4.79 Å². The van der Waals surface area contributed by atoms with Crippen LogP contribution in [0, 0.1) is 0 Å². The average molecular weight is 313 g/mol. The van der Waals surface area contributed by atoms with Crippen LogP contribution in [0.3, 0.4) is 0 Å². The molecule has 0 bridgehead atoms. The molecule has 1 N–H and O–H groups in total. The molecule has 1 aromatic rings. The molecular weight excluding hydrogens is 278 g/mol. The van der Waals surface area contributed by atoms with E-state index in [1.165, 1.54) is 0 Å². The van der Waals surface area contributed by atoms with Gasteiger partial charge in [-0.05, 0) is 24.1 Å². The summed E-state index contributed by atoms with van der Waals surface area (Å²) in [6.45, 7) is 12.0. The van der Waals surface area contributed by atoms with Crippen molar-refractivity contribution in [3.05, 3.63) is 23.8 Å². The minimum atomic E-state index is 0.0368. The van der Waals surface area contributed by atoms with Crippen molar-refractivity contribution in [2.24, 2.45) is 0 Å². The van der Waals surface area contributed by atoms with Gasteiger partial charge >= 0.3 is 0 Å². The Morgan fingerprint density at radius 2 is 1.45 bits per heavy atom. The highest BCUT2D eigenvalue weighted by atomic mass is 16.5. The number of ether oxygens (including phenoxy) is 2. The first kappa shape index (κ1) is 25.3. The van der Waals surface area contributed by atoms with Gasteiger partial charge in [-0.25, -0.2) is 0 Å². The van der Waals surface area contributed by atoms with Gasteiger partial charge in [-0.2, -0.15) is 0 Å². The predicted octanol–water partition coefficient (Wildman–Crippen LogP) is 4.46. The molecule has 0 radical (unpaired) electrons. The van der Waals surface area contributed by atoms with Crippen LogP contribution in [0.4, 0.5) is 0 Å². The van der Waals surface area contributed by atoms with Crippen LogP contribution < -0.4 is 14.8 Å². The Bertz CT molecular complexity index is 365. The minimum absolute atomic E-state index is 0.0368. The van der Waals surface area contributed by atoms with Crippen molar-refractivity contribution in [1.29, 1.82) is 0 Å². The number of benzene rings is 1. The first-order valence-corrected chi connectivity index (χ1v) is 8.12. The molecule has 1 rings (SSSR count). The maximum Gasteiger partial charge on any atom is 0.220 e. The molecule has 0 aliphatic rings. The Hall–Kier alpha value is -1.71. The summed E-state index contributed by atoms with van der Waals surface area (Å²) < 4.78 is 10.3. The van der Waals surface area contributed by atoms with Crippen LogP contribution in [0.1, 0.15) is 53.5 Å². The van der Waals surface area contributed by atoms with Crippen LogP contribution in [0.5, 0.6) is 11.5 Å². The van der Waals surface area contributed by atoms with E-state index >= 15 is 0 Å². The average Bonchev–Trinajstić information content (AvgIpc) is 2.64. The number of nitrogens with one attached hydrogen (secondary N) is 1. The molecule has 1 amide bonds. The Balaban J connectivity index is -0.000000535. The Morgan fingerprint density at radius 1 is 0.955 bits per heavy atom. The van der Waals surface area contributed by atoms with Gasteiger partial charge < -0.3 is 14.8 Å². The minimum Gasteiger partial charge on any atom is -0.493 e. The summed E-state index contributed by atoms with van der Waals surface area (Å²) in [5, 5.41) is 2.59. The Morgan fingerprint density at radius 3 is 1.86 bits per heavy atom. The summed E-state index contributed by atoms with van der Waals surface area (Å²) in [5.41, 5.74) is 1.06. The third-order valence-corrected chi connectivity index (χ3v) is 2.37. The van der Waals surface area contributed by atoms with Crippen molar-refractivity contribution in [2.45, 2.75) is 54.4 Å². The zero-order valence-corrected chi connectivity index (χ0v) is 15.9. The smallest absolute Gasteiger partial charge is 0.220 e. The van der Waals surface area contributed by atoms with E-state index < -0.39 is 0 Å². The second kappa shape index (κ2) is 19.3. The summed E-state index contributed by atoms with van der Waals surface area (Å²) in [6, 6.07) is 5.67. The number of carbonyl (C=O) groups is 1. The molecule has 0 unspecified atom stereocenters. The third-order valence-electron chi connectivity index (χ3n) is 2.37.